The lowest BCUT2D eigenvalue weighted by atomic mass is 9.76. The van der Waals surface area contributed by atoms with Crippen molar-refractivity contribution in [2.75, 3.05) is 36.9 Å². The Hall–Kier alpha value is -4.52. The fourth-order valence-electron chi connectivity index (χ4n) is 6.03. The number of benzene rings is 2. The number of rotatable bonds is 7. The van der Waals surface area contributed by atoms with Gasteiger partial charge in [0.1, 0.15) is 18.2 Å². The number of aromatic nitrogens is 4. The normalized spacial score (nSPS) is 18.8. The first kappa shape index (κ1) is 29.5. The van der Waals surface area contributed by atoms with E-state index in [0.29, 0.717) is 38.5 Å². The first-order valence-corrected chi connectivity index (χ1v) is 14.5. The SMILES string of the molecule is CCOC(=O)[C@@H]1CC2(CCN(c3cc(O[C@H](c4ccc(-c5ccc6ncncc6c5)cc4)C(F)(F)F)nc(N)n3)CC2)CN1. The summed E-state index contributed by atoms with van der Waals surface area (Å²) in [4.78, 5) is 30.6. The second kappa shape index (κ2) is 11.9. The van der Waals surface area contributed by atoms with E-state index in [-0.39, 0.29) is 34.8 Å². The second-order valence-electron chi connectivity index (χ2n) is 11.3. The molecule has 4 aromatic rings. The molecular weight excluding hydrogens is 575 g/mol. The van der Waals surface area contributed by atoms with Gasteiger partial charge in [0.05, 0.1) is 12.1 Å². The maximum Gasteiger partial charge on any atom is 0.429 e. The molecule has 2 aromatic heterocycles. The van der Waals surface area contributed by atoms with E-state index < -0.39 is 12.3 Å². The average Bonchev–Trinajstić information content (AvgIpc) is 3.43. The Kier molecular flexibility index (Phi) is 7.97. The third kappa shape index (κ3) is 6.23. The van der Waals surface area contributed by atoms with E-state index in [2.05, 4.69) is 25.3 Å². The number of nitrogen functional groups attached to an aromatic ring is 1. The summed E-state index contributed by atoms with van der Waals surface area (Å²) in [5, 5.41) is 4.10. The topological polar surface area (TPSA) is 128 Å². The van der Waals surface area contributed by atoms with Crippen LogP contribution in [0.15, 0.2) is 61.1 Å². The van der Waals surface area contributed by atoms with E-state index in [0.717, 1.165) is 34.9 Å². The molecule has 4 heterocycles. The van der Waals surface area contributed by atoms with Gasteiger partial charge in [0.15, 0.2) is 0 Å². The number of alkyl halides is 3. The molecule has 2 aliphatic heterocycles. The molecule has 3 N–H and O–H groups in total. The molecule has 2 saturated heterocycles. The van der Waals surface area contributed by atoms with E-state index in [9.17, 15) is 18.0 Å². The first-order valence-electron chi connectivity index (χ1n) is 14.5. The fourth-order valence-corrected chi connectivity index (χ4v) is 6.03. The lowest BCUT2D eigenvalue weighted by Gasteiger charge is -2.39. The first-order chi connectivity index (χ1) is 21.1. The number of carbonyl (C=O) groups is 1. The molecule has 0 bridgehead atoms. The highest BCUT2D eigenvalue weighted by atomic mass is 19.4. The van der Waals surface area contributed by atoms with Crippen LogP contribution in [0.3, 0.4) is 0 Å². The highest BCUT2D eigenvalue weighted by Crippen LogP contribution is 2.42. The van der Waals surface area contributed by atoms with Gasteiger partial charge in [-0.15, -0.1) is 0 Å². The number of anilines is 2. The van der Waals surface area contributed by atoms with Crippen molar-refractivity contribution in [2.24, 2.45) is 5.41 Å². The smallest absolute Gasteiger partial charge is 0.429 e. The molecule has 2 aliphatic rings. The molecule has 0 unspecified atom stereocenters. The van der Waals surface area contributed by atoms with Gasteiger partial charge in [0.25, 0.3) is 0 Å². The van der Waals surface area contributed by atoms with Gasteiger partial charge in [-0.2, -0.15) is 23.1 Å². The minimum absolute atomic E-state index is 0.0556. The maximum atomic E-state index is 14.3. The van der Waals surface area contributed by atoms with Crippen LogP contribution in [-0.4, -0.2) is 64.4 Å². The molecule has 10 nitrogen and oxygen atoms in total. The summed E-state index contributed by atoms with van der Waals surface area (Å²) in [5.74, 6) is -0.292. The number of carbonyl (C=O) groups excluding carboxylic acids is 1. The number of ether oxygens (including phenoxy) is 2. The second-order valence-corrected chi connectivity index (χ2v) is 11.3. The Labute approximate surface area is 251 Å². The van der Waals surface area contributed by atoms with E-state index >= 15 is 0 Å². The van der Waals surface area contributed by atoms with Crippen LogP contribution in [0.1, 0.15) is 37.9 Å². The highest BCUT2D eigenvalue weighted by molar-refractivity contribution is 5.83. The number of nitrogens with zero attached hydrogens (tertiary/aromatic N) is 5. The summed E-state index contributed by atoms with van der Waals surface area (Å²) in [6.45, 7) is 4.00. The zero-order valence-electron chi connectivity index (χ0n) is 24.1. The van der Waals surface area contributed by atoms with Crippen LogP contribution in [0.4, 0.5) is 24.9 Å². The van der Waals surface area contributed by atoms with Crippen molar-refractivity contribution in [1.82, 2.24) is 25.3 Å². The number of nitrogens with two attached hydrogens (primary N) is 1. The van der Waals surface area contributed by atoms with Gasteiger partial charge in [-0.25, -0.2) is 9.97 Å². The van der Waals surface area contributed by atoms with Crippen molar-refractivity contribution in [2.45, 2.75) is 44.5 Å². The Morgan fingerprint density at radius 1 is 1.11 bits per heavy atom. The number of hydrogen-bond acceptors (Lipinski definition) is 10. The van der Waals surface area contributed by atoms with Crippen LogP contribution in [0, 0.1) is 5.41 Å². The van der Waals surface area contributed by atoms with Crippen molar-refractivity contribution >= 4 is 28.6 Å². The number of piperidine rings is 1. The monoisotopic (exact) mass is 607 g/mol. The van der Waals surface area contributed by atoms with Crippen LogP contribution in [-0.2, 0) is 9.53 Å². The molecule has 1 spiro atoms. The molecule has 0 aliphatic carbocycles. The minimum atomic E-state index is -4.72. The minimum Gasteiger partial charge on any atom is -0.465 e. The van der Waals surface area contributed by atoms with Gasteiger partial charge < -0.3 is 25.4 Å². The number of esters is 1. The van der Waals surface area contributed by atoms with Gasteiger partial charge in [-0.1, -0.05) is 30.3 Å². The third-order valence-electron chi connectivity index (χ3n) is 8.37. The molecule has 2 atom stereocenters. The fraction of sp³-hybridized carbons (Fsp3) is 0.387. The van der Waals surface area contributed by atoms with Crippen LogP contribution >= 0.6 is 0 Å². The molecular formula is C31H32F3N7O3. The van der Waals surface area contributed by atoms with Crippen LogP contribution in [0.25, 0.3) is 22.0 Å². The van der Waals surface area contributed by atoms with Crippen molar-refractivity contribution in [3.05, 3.63) is 66.6 Å². The average molecular weight is 608 g/mol. The van der Waals surface area contributed by atoms with E-state index in [1.165, 1.54) is 24.5 Å². The Morgan fingerprint density at radius 3 is 2.59 bits per heavy atom. The number of nitrogens with one attached hydrogen (secondary N) is 1. The molecule has 230 valence electrons. The predicted molar refractivity (Wildman–Crippen MR) is 158 cm³/mol. The summed E-state index contributed by atoms with van der Waals surface area (Å²) in [7, 11) is 0. The molecule has 0 amide bonds. The number of hydrogen-bond donors (Lipinski definition) is 2. The molecule has 44 heavy (non-hydrogen) atoms. The van der Waals surface area contributed by atoms with Crippen molar-refractivity contribution < 1.29 is 27.4 Å². The van der Waals surface area contributed by atoms with Crippen LogP contribution < -0.4 is 20.7 Å². The third-order valence-corrected chi connectivity index (χ3v) is 8.37. The maximum absolute atomic E-state index is 14.3. The van der Waals surface area contributed by atoms with Crippen molar-refractivity contribution in [3.8, 4) is 17.0 Å². The van der Waals surface area contributed by atoms with Crippen molar-refractivity contribution in [1.29, 1.82) is 0 Å². The summed E-state index contributed by atoms with van der Waals surface area (Å²) in [6.07, 6.45) is -1.61. The van der Waals surface area contributed by atoms with Gasteiger partial charge in [-0.3, -0.25) is 4.79 Å². The zero-order chi connectivity index (χ0) is 30.9. The van der Waals surface area contributed by atoms with Crippen LogP contribution in [0.5, 0.6) is 5.88 Å². The molecule has 0 radical (unpaired) electrons. The summed E-state index contributed by atoms with van der Waals surface area (Å²) in [5.41, 5.74) is 8.14. The molecule has 13 heteroatoms. The molecule has 0 saturated carbocycles. The van der Waals surface area contributed by atoms with E-state index in [1.807, 2.05) is 23.1 Å². The molecule has 2 aromatic carbocycles. The van der Waals surface area contributed by atoms with E-state index in [1.54, 1.807) is 25.3 Å². The van der Waals surface area contributed by atoms with Gasteiger partial charge in [0.2, 0.25) is 17.9 Å². The van der Waals surface area contributed by atoms with E-state index in [4.69, 9.17) is 15.2 Å². The Bertz CT molecular complexity index is 1640. The van der Waals surface area contributed by atoms with Gasteiger partial charge >= 0.3 is 12.1 Å². The number of halogens is 3. The Balaban J connectivity index is 1.16. The lowest BCUT2D eigenvalue weighted by Crippen LogP contribution is -2.41. The summed E-state index contributed by atoms with van der Waals surface area (Å²) >= 11 is 0. The quantitative estimate of drug-likeness (QED) is 0.281. The zero-order valence-corrected chi connectivity index (χ0v) is 24.1. The van der Waals surface area contributed by atoms with Gasteiger partial charge in [-0.05, 0) is 54.9 Å². The lowest BCUT2D eigenvalue weighted by molar-refractivity contribution is -0.198. The Morgan fingerprint density at radius 2 is 1.86 bits per heavy atom. The summed E-state index contributed by atoms with van der Waals surface area (Å²) < 4.78 is 53.5. The van der Waals surface area contributed by atoms with Gasteiger partial charge in [0, 0.05) is 42.8 Å². The molecule has 2 fully saturated rings. The summed E-state index contributed by atoms with van der Waals surface area (Å²) in [6, 6.07) is 12.7. The van der Waals surface area contributed by atoms with Crippen LogP contribution in [0.2, 0.25) is 0 Å². The highest BCUT2D eigenvalue weighted by Gasteiger charge is 2.45. The standard InChI is InChI=1S/C31H32F3N7O3/c1-2-43-28(42)24-15-30(17-37-24)9-11-41(12-10-30)25-14-26(40-29(35)39-25)44-27(31(32,33)34)20-5-3-19(4-6-20)21-7-8-23-22(13-21)16-36-18-38-23/h3-8,13-14,16,18,24,27,37H,2,9-12,15,17H2,1H3,(H2,35,39,40)/t24-,27+/m0/s1. The van der Waals surface area contributed by atoms with Crippen molar-refractivity contribution in [3.63, 3.8) is 0 Å². The largest absolute Gasteiger partial charge is 0.465 e. The number of fused-ring (bicyclic) bond motifs is 1. The predicted octanol–water partition coefficient (Wildman–Crippen LogP) is 4.86. The molecule has 6 rings (SSSR count).